The van der Waals surface area contributed by atoms with E-state index in [-0.39, 0.29) is 30.4 Å². The topological polar surface area (TPSA) is 86.8 Å². The lowest BCUT2D eigenvalue weighted by molar-refractivity contribution is -0.128. The number of sulfonamides is 1. The van der Waals surface area contributed by atoms with E-state index in [0.717, 1.165) is 21.3 Å². The molecule has 21 heavy (non-hydrogen) atoms. The Hall–Kier alpha value is -2.00. The first-order valence-corrected chi connectivity index (χ1v) is 7.69. The second-order valence-corrected chi connectivity index (χ2v) is 6.79. The van der Waals surface area contributed by atoms with Gasteiger partial charge in [0.15, 0.2) is 0 Å². The molecular formula is C12H12FN3O4S. The number of nitrogens with one attached hydrogen (secondary N) is 1. The summed E-state index contributed by atoms with van der Waals surface area (Å²) in [5, 5.41) is 2.39. The van der Waals surface area contributed by atoms with Gasteiger partial charge < -0.3 is 5.32 Å². The molecule has 0 radical (unpaired) electrons. The Morgan fingerprint density at radius 2 is 1.76 bits per heavy atom. The number of carbonyl (C=O) groups excluding carboxylic acids is 2. The predicted octanol–water partition coefficient (Wildman–Crippen LogP) is -0.250. The molecule has 2 saturated heterocycles. The zero-order chi connectivity index (χ0) is 15.2. The molecular weight excluding hydrogens is 301 g/mol. The van der Waals surface area contributed by atoms with E-state index in [0.29, 0.717) is 0 Å². The molecule has 0 aromatic heterocycles. The van der Waals surface area contributed by atoms with Crippen molar-refractivity contribution in [2.45, 2.75) is 10.9 Å². The van der Waals surface area contributed by atoms with Crippen LogP contribution in [0.2, 0.25) is 0 Å². The lowest BCUT2D eigenvalue weighted by atomic mass is 10.1. The van der Waals surface area contributed by atoms with E-state index in [1.807, 2.05) is 0 Å². The van der Waals surface area contributed by atoms with Gasteiger partial charge in [0.25, 0.3) is 0 Å². The Balaban J connectivity index is 1.72. The standard InChI is InChI=1S/C12H12FN3O4S/c13-8-1-3-10(4-2-8)21(19,20)15-6-9(7-15)16-11(17)5-14-12(16)18/h1-4,9H,5-7H2,(H,14,18). The second kappa shape index (κ2) is 4.78. The molecule has 2 heterocycles. The first-order chi connectivity index (χ1) is 9.89. The zero-order valence-electron chi connectivity index (χ0n) is 10.8. The largest absolute Gasteiger partial charge is 0.329 e. The van der Waals surface area contributed by atoms with Gasteiger partial charge in [-0.1, -0.05) is 0 Å². The maximum Gasteiger partial charge on any atom is 0.324 e. The molecule has 112 valence electrons. The van der Waals surface area contributed by atoms with Gasteiger partial charge >= 0.3 is 6.03 Å². The molecule has 1 N–H and O–H groups in total. The summed E-state index contributed by atoms with van der Waals surface area (Å²) in [4.78, 5) is 24.0. The Labute approximate surface area is 120 Å². The SMILES string of the molecule is O=C1CNC(=O)N1C1CN(S(=O)(=O)c2ccc(F)cc2)C1. The van der Waals surface area contributed by atoms with E-state index >= 15 is 0 Å². The summed E-state index contributed by atoms with van der Waals surface area (Å²) in [6.07, 6.45) is 0. The minimum absolute atomic E-state index is 0.0143. The number of nitrogens with zero attached hydrogens (tertiary/aromatic N) is 2. The van der Waals surface area contributed by atoms with E-state index in [4.69, 9.17) is 0 Å². The number of halogens is 1. The zero-order valence-corrected chi connectivity index (χ0v) is 11.6. The van der Waals surface area contributed by atoms with Crippen molar-refractivity contribution in [3.05, 3.63) is 30.1 Å². The summed E-state index contributed by atoms with van der Waals surface area (Å²) < 4.78 is 38.5. The highest BCUT2D eigenvalue weighted by molar-refractivity contribution is 7.89. The van der Waals surface area contributed by atoms with Gasteiger partial charge in [-0.25, -0.2) is 17.6 Å². The average Bonchev–Trinajstić information content (AvgIpc) is 2.69. The van der Waals surface area contributed by atoms with Crippen molar-refractivity contribution < 1.29 is 22.4 Å². The van der Waals surface area contributed by atoms with Crippen LogP contribution in [0.4, 0.5) is 9.18 Å². The maximum absolute atomic E-state index is 12.8. The molecule has 0 aliphatic carbocycles. The molecule has 2 aliphatic heterocycles. The van der Waals surface area contributed by atoms with Crippen LogP contribution in [-0.4, -0.2) is 55.2 Å². The van der Waals surface area contributed by atoms with Crippen LogP contribution in [0.25, 0.3) is 0 Å². The van der Waals surface area contributed by atoms with Crippen LogP contribution in [0.15, 0.2) is 29.2 Å². The molecule has 1 aromatic rings. The van der Waals surface area contributed by atoms with Gasteiger partial charge in [0.1, 0.15) is 5.82 Å². The van der Waals surface area contributed by atoms with Crippen LogP contribution in [0.1, 0.15) is 0 Å². The van der Waals surface area contributed by atoms with Crippen LogP contribution in [-0.2, 0) is 14.8 Å². The van der Waals surface area contributed by atoms with Crippen molar-refractivity contribution in [1.82, 2.24) is 14.5 Å². The third-order valence-electron chi connectivity index (χ3n) is 3.52. The van der Waals surface area contributed by atoms with Crippen molar-refractivity contribution in [3.8, 4) is 0 Å². The van der Waals surface area contributed by atoms with Gasteiger partial charge in [0.05, 0.1) is 17.5 Å². The Kier molecular flexibility index (Phi) is 3.18. The lowest BCUT2D eigenvalue weighted by Crippen LogP contribution is -2.62. The number of hydrogen-bond acceptors (Lipinski definition) is 4. The molecule has 0 bridgehead atoms. The van der Waals surface area contributed by atoms with Crippen LogP contribution in [0.3, 0.4) is 0 Å². The summed E-state index contributed by atoms with van der Waals surface area (Å²) in [5.41, 5.74) is 0. The fraction of sp³-hybridized carbons (Fsp3) is 0.333. The normalized spacial score (nSPS) is 20.5. The van der Waals surface area contributed by atoms with Gasteiger partial charge in [0.2, 0.25) is 15.9 Å². The third-order valence-corrected chi connectivity index (χ3v) is 5.37. The highest BCUT2D eigenvalue weighted by atomic mass is 32.2. The minimum atomic E-state index is -3.72. The number of hydrogen-bond donors (Lipinski definition) is 1. The van der Waals surface area contributed by atoms with E-state index in [2.05, 4.69) is 5.32 Å². The highest BCUT2D eigenvalue weighted by Gasteiger charge is 2.45. The van der Waals surface area contributed by atoms with Crippen LogP contribution in [0.5, 0.6) is 0 Å². The van der Waals surface area contributed by atoms with Gasteiger partial charge in [-0.3, -0.25) is 9.69 Å². The van der Waals surface area contributed by atoms with Crippen molar-refractivity contribution >= 4 is 22.0 Å². The Morgan fingerprint density at radius 3 is 2.29 bits per heavy atom. The maximum atomic E-state index is 12.8. The van der Waals surface area contributed by atoms with E-state index in [1.54, 1.807) is 0 Å². The fourth-order valence-electron chi connectivity index (χ4n) is 2.34. The lowest BCUT2D eigenvalue weighted by Gasteiger charge is -2.41. The molecule has 2 aliphatic rings. The minimum Gasteiger partial charge on any atom is -0.329 e. The Bertz CT molecular complexity index is 682. The number of carbonyl (C=O) groups is 2. The predicted molar refractivity (Wildman–Crippen MR) is 69.2 cm³/mol. The molecule has 1 aromatic carbocycles. The highest BCUT2D eigenvalue weighted by Crippen LogP contribution is 2.25. The van der Waals surface area contributed by atoms with E-state index in [1.165, 1.54) is 12.1 Å². The summed E-state index contributed by atoms with van der Waals surface area (Å²) in [7, 11) is -3.72. The number of imide groups is 1. The molecule has 3 rings (SSSR count). The molecule has 3 amide bonds. The monoisotopic (exact) mass is 313 g/mol. The van der Waals surface area contributed by atoms with Crippen LogP contribution >= 0.6 is 0 Å². The number of benzene rings is 1. The van der Waals surface area contributed by atoms with Crippen molar-refractivity contribution in [2.75, 3.05) is 19.6 Å². The molecule has 2 fully saturated rings. The first kappa shape index (κ1) is 14.0. The van der Waals surface area contributed by atoms with Crippen molar-refractivity contribution in [2.24, 2.45) is 0 Å². The van der Waals surface area contributed by atoms with Crippen molar-refractivity contribution in [3.63, 3.8) is 0 Å². The summed E-state index contributed by atoms with van der Waals surface area (Å²) >= 11 is 0. The Morgan fingerprint density at radius 1 is 1.14 bits per heavy atom. The summed E-state index contributed by atoms with van der Waals surface area (Å²) in [6.45, 7) is 0.0534. The van der Waals surface area contributed by atoms with Gasteiger partial charge in [0, 0.05) is 13.1 Å². The summed E-state index contributed by atoms with van der Waals surface area (Å²) in [6, 6.07) is 3.57. The molecule has 0 atom stereocenters. The fourth-order valence-corrected chi connectivity index (χ4v) is 3.85. The van der Waals surface area contributed by atoms with E-state index in [9.17, 15) is 22.4 Å². The van der Waals surface area contributed by atoms with Crippen LogP contribution in [0, 0.1) is 5.82 Å². The quantitative estimate of drug-likeness (QED) is 0.780. The van der Waals surface area contributed by atoms with Crippen LogP contribution < -0.4 is 5.32 Å². The average molecular weight is 313 g/mol. The van der Waals surface area contributed by atoms with Gasteiger partial charge in [-0.2, -0.15) is 4.31 Å². The molecule has 0 spiro atoms. The van der Waals surface area contributed by atoms with Crippen molar-refractivity contribution in [1.29, 1.82) is 0 Å². The van der Waals surface area contributed by atoms with Gasteiger partial charge in [-0.05, 0) is 24.3 Å². The molecule has 9 heteroatoms. The number of rotatable bonds is 3. The smallest absolute Gasteiger partial charge is 0.324 e. The molecule has 0 saturated carbocycles. The molecule has 7 nitrogen and oxygen atoms in total. The van der Waals surface area contributed by atoms with E-state index < -0.39 is 27.9 Å². The first-order valence-electron chi connectivity index (χ1n) is 6.25. The van der Waals surface area contributed by atoms with Gasteiger partial charge in [-0.15, -0.1) is 0 Å². The third kappa shape index (κ3) is 2.28. The molecule has 0 unspecified atom stereocenters. The number of urea groups is 1. The second-order valence-electron chi connectivity index (χ2n) is 4.85. The number of amides is 3. The summed E-state index contributed by atoms with van der Waals surface area (Å²) in [5.74, 6) is -0.876.